The Morgan fingerprint density at radius 3 is 2.44 bits per heavy atom. The molecular weight excluding hydrogens is 359 g/mol. The molecule has 5 nitrogen and oxygen atoms in total. The summed E-state index contributed by atoms with van der Waals surface area (Å²) in [6, 6.07) is 5.56. The van der Waals surface area contributed by atoms with Gasteiger partial charge in [0.25, 0.3) is 5.91 Å². The van der Waals surface area contributed by atoms with Crippen molar-refractivity contribution in [2.45, 2.75) is 45.1 Å². The molecule has 1 fully saturated rings. The molecule has 1 saturated carbocycles. The molecule has 0 atom stereocenters. The molecule has 1 aromatic carbocycles. The first-order valence-electron chi connectivity index (χ1n) is 8.88. The van der Waals surface area contributed by atoms with Crippen molar-refractivity contribution in [1.29, 1.82) is 0 Å². The van der Waals surface area contributed by atoms with Crippen LogP contribution >= 0.6 is 0 Å². The summed E-state index contributed by atoms with van der Waals surface area (Å²) >= 11 is 0. The number of hydrogen-bond donors (Lipinski definition) is 0. The molecule has 0 saturated heterocycles. The van der Waals surface area contributed by atoms with Crippen LogP contribution in [0.1, 0.15) is 47.3 Å². The van der Waals surface area contributed by atoms with E-state index in [0.29, 0.717) is 31.6 Å². The van der Waals surface area contributed by atoms with Crippen LogP contribution in [-0.2, 0) is 19.3 Å². The van der Waals surface area contributed by atoms with Crippen LogP contribution in [0.2, 0.25) is 0 Å². The number of oxazole rings is 1. The lowest BCUT2D eigenvalue weighted by atomic mass is 10.1. The maximum absolute atomic E-state index is 12.7. The zero-order valence-electron chi connectivity index (χ0n) is 15.3. The Morgan fingerprint density at radius 2 is 1.89 bits per heavy atom. The molecule has 0 aliphatic heterocycles. The average Bonchev–Trinajstić information content (AvgIpc) is 3.38. The van der Waals surface area contributed by atoms with E-state index in [9.17, 15) is 18.0 Å². The van der Waals surface area contributed by atoms with E-state index in [1.165, 1.54) is 18.4 Å². The summed E-state index contributed by atoms with van der Waals surface area (Å²) < 4.78 is 43.5. The number of carbonyl (C=O) groups is 1. The first-order chi connectivity index (χ1) is 12.8. The first-order valence-corrected chi connectivity index (χ1v) is 8.88. The molecule has 0 unspecified atom stereocenters. The van der Waals surface area contributed by atoms with Crippen LogP contribution in [0.5, 0.6) is 0 Å². The molecule has 1 aromatic heterocycles. The van der Waals surface area contributed by atoms with Crippen molar-refractivity contribution in [1.82, 2.24) is 14.8 Å². The molecule has 1 heterocycles. The van der Waals surface area contributed by atoms with Crippen molar-refractivity contribution in [2.75, 3.05) is 13.6 Å². The summed E-state index contributed by atoms with van der Waals surface area (Å²) in [6.45, 7) is 3.36. The van der Waals surface area contributed by atoms with Crippen LogP contribution in [0.15, 0.2) is 34.9 Å². The second kappa shape index (κ2) is 7.72. The van der Waals surface area contributed by atoms with Crippen LogP contribution in [0.4, 0.5) is 13.2 Å². The molecule has 0 bridgehead atoms. The van der Waals surface area contributed by atoms with Gasteiger partial charge in [0.1, 0.15) is 6.26 Å². The Hall–Kier alpha value is -2.35. The Kier molecular flexibility index (Phi) is 5.55. The standard InChI is InChI=1S/C19H22F3N3O2/c1-3-24(2)18(26)16-12-27-17(23-16)11-25(15-8-9-15)10-13-4-6-14(7-5-13)19(20,21)22/h4-7,12,15H,3,8-11H2,1-2H3. The van der Waals surface area contributed by atoms with Gasteiger partial charge in [0.15, 0.2) is 5.69 Å². The van der Waals surface area contributed by atoms with Crippen LogP contribution < -0.4 is 0 Å². The third-order valence-corrected chi connectivity index (χ3v) is 4.66. The van der Waals surface area contributed by atoms with E-state index in [4.69, 9.17) is 4.42 Å². The van der Waals surface area contributed by atoms with Gasteiger partial charge in [-0.1, -0.05) is 12.1 Å². The van der Waals surface area contributed by atoms with Crippen LogP contribution in [0.3, 0.4) is 0 Å². The van der Waals surface area contributed by atoms with E-state index in [2.05, 4.69) is 9.88 Å². The van der Waals surface area contributed by atoms with Crippen LogP contribution in [0, 0.1) is 0 Å². The van der Waals surface area contributed by atoms with Gasteiger partial charge in [-0.15, -0.1) is 0 Å². The molecule has 3 rings (SSSR count). The van der Waals surface area contributed by atoms with Gasteiger partial charge >= 0.3 is 6.18 Å². The summed E-state index contributed by atoms with van der Waals surface area (Å²) in [5.41, 5.74) is 0.406. The molecule has 1 aliphatic carbocycles. The van der Waals surface area contributed by atoms with Crippen molar-refractivity contribution < 1.29 is 22.4 Å². The summed E-state index contributed by atoms with van der Waals surface area (Å²) in [4.78, 5) is 20.1. The Balaban J connectivity index is 1.67. The van der Waals surface area contributed by atoms with E-state index >= 15 is 0 Å². The summed E-state index contributed by atoms with van der Waals surface area (Å²) in [6.07, 6.45) is -0.911. The van der Waals surface area contributed by atoms with Gasteiger partial charge in [-0.2, -0.15) is 13.2 Å². The smallest absolute Gasteiger partial charge is 0.416 e. The van der Waals surface area contributed by atoms with Crippen LogP contribution in [0.25, 0.3) is 0 Å². The molecule has 0 radical (unpaired) electrons. The lowest BCUT2D eigenvalue weighted by Gasteiger charge is -2.20. The lowest BCUT2D eigenvalue weighted by Crippen LogP contribution is -2.27. The molecule has 146 valence electrons. The molecule has 1 amide bonds. The van der Waals surface area contributed by atoms with Gasteiger partial charge in [0, 0.05) is 26.2 Å². The maximum atomic E-state index is 12.7. The van der Waals surface area contributed by atoms with Crippen LogP contribution in [-0.4, -0.2) is 40.3 Å². The number of carbonyl (C=O) groups excluding carboxylic acids is 1. The van der Waals surface area contributed by atoms with Gasteiger partial charge in [0.2, 0.25) is 5.89 Å². The lowest BCUT2D eigenvalue weighted by molar-refractivity contribution is -0.137. The van der Waals surface area contributed by atoms with E-state index in [1.807, 2.05) is 6.92 Å². The fourth-order valence-electron chi connectivity index (χ4n) is 2.78. The molecule has 0 spiro atoms. The van der Waals surface area contributed by atoms with Gasteiger partial charge in [-0.05, 0) is 37.5 Å². The predicted molar refractivity (Wildman–Crippen MR) is 92.9 cm³/mol. The number of amides is 1. The van der Waals surface area contributed by atoms with Crippen molar-refractivity contribution in [3.8, 4) is 0 Å². The van der Waals surface area contributed by atoms with E-state index in [1.54, 1.807) is 11.9 Å². The highest BCUT2D eigenvalue weighted by Gasteiger charge is 2.32. The second-order valence-corrected chi connectivity index (χ2v) is 6.78. The molecule has 8 heteroatoms. The maximum Gasteiger partial charge on any atom is 0.416 e. The third-order valence-electron chi connectivity index (χ3n) is 4.66. The van der Waals surface area contributed by atoms with Crippen molar-refractivity contribution >= 4 is 5.91 Å². The number of aromatic nitrogens is 1. The highest BCUT2D eigenvalue weighted by atomic mass is 19.4. The second-order valence-electron chi connectivity index (χ2n) is 6.78. The highest BCUT2D eigenvalue weighted by molar-refractivity contribution is 5.91. The van der Waals surface area contributed by atoms with Crippen molar-refractivity contribution in [3.63, 3.8) is 0 Å². The van der Waals surface area contributed by atoms with Gasteiger partial charge < -0.3 is 9.32 Å². The van der Waals surface area contributed by atoms with E-state index in [0.717, 1.165) is 30.5 Å². The topological polar surface area (TPSA) is 49.6 Å². The third kappa shape index (κ3) is 4.88. The normalized spacial score (nSPS) is 14.6. The van der Waals surface area contributed by atoms with Gasteiger partial charge in [-0.25, -0.2) is 4.98 Å². The number of halogens is 3. The molecule has 27 heavy (non-hydrogen) atoms. The average molecular weight is 381 g/mol. The predicted octanol–water partition coefficient (Wildman–Crippen LogP) is 3.95. The first kappa shape index (κ1) is 19.4. The number of benzene rings is 1. The quantitative estimate of drug-likeness (QED) is 0.729. The Labute approximate surface area is 155 Å². The van der Waals surface area contributed by atoms with Gasteiger partial charge in [-0.3, -0.25) is 9.69 Å². The highest BCUT2D eigenvalue weighted by Crippen LogP contribution is 2.32. The molecular formula is C19H22F3N3O2. The minimum absolute atomic E-state index is 0.201. The molecule has 0 N–H and O–H groups in total. The number of hydrogen-bond acceptors (Lipinski definition) is 4. The van der Waals surface area contributed by atoms with Gasteiger partial charge in [0.05, 0.1) is 12.1 Å². The Morgan fingerprint density at radius 1 is 1.22 bits per heavy atom. The minimum atomic E-state index is -4.33. The zero-order valence-corrected chi connectivity index (χ0v) is 15.3. The number of alkyl halides is 3. The van der Waals surface area contributed by atoms with E-state index < -0.39 is 11.7 Å². The Bertz CT molecular complexity index is 782. The molecule has 1 aliphatic rings. The zero-order chi connectivity index (χ0) is 19.6. The van der Waals surface area contributed by atoms with Crippen molar-refractivity contribution in [3.05, 3.63) is 53.2 Å². The fraction of sp³-hybridized carbons (Fsp3) is 0.474. The SMILES string of the molecule is CCN(C)C(=O)c1coc(CN(Cc2ccc(C(F)(F)F)cc2)C2CC2)n1. The van der Waals surface area contributed by atoms with E-state index in [-0.39, 0.29) is 11.6 Å². The monoisotopic (exact) mass is 381 g/mol. The van der Waals surface area contributed by atoms with Crippen molar-refractivity contribution in [2.24, 2.45) is 0 Å². The minimum Gasteiger partial charge on any atom is -0.447 e. The summed E-state index contributed by atoms with van der Waals surface area (Å²) in [7, 11) is 1.69. The largest absolute Gasteiger partial charge is 0.447 e. The summed E-state index contributed by atoms with van der Waals surface area (Å²) in [5.74, 6) is 0.231. The number of nitrogens with zero attached hydrogens (tertiary/aromatic N) is 3. The summed E-state index contributed by atoms with van der Waals surface area (Å²) in [5, 5.41) is 0. The number of rotatable bonds is 7. The molecule has 2 aromatic rings. The fourth-order valence-corrected chi connectivity index (χ4v) is 2.78.